The SMILES string of the molecule is CCn1ccnc1C(NC)C1CN2CCN1CC2. The van der Waals surface area contributed by atoms with E-state index in [4.69, 9.17) is 0 Å². The summed E-state index contributed by atoms with van der Waals surface area (Å²) < 4.78 is 2.25. The Morgan fingerprint density at radius 3 is 2.72 bits per heavy atom. The molecule has 1 aromatic heterocycles. The molecule has 0 saturated carbocycles. The van der Waals surface area contributed by atoms with E-state index in [1.54, 1.807) is 0 Å². The molecule has 3 aliphatic rings. The highest BCUT2D eigenvalue weighted by atomic mass is 15.4. The Balaban J connectivity index is 1.84. The number of aryl methyl sites for hydroxylation is 1. The fourth-order valence-electron chi connectivity index (χ4n) is 3.33. The molecule has 0 aliphatic carbocycles. The zero-order chi connectivity index (χ0) is 12.5. The average molecular weight is 249 g/mol. The van der Waals surface area contributed by atoms with Crippen molar-refractivity contribution in [1.29, 1.82) is 0 Å². The van der Waals surface area contributed by atoms with Gasteiger partial charge in [-0.2, -0.15) is 0 Å². The van der Waals surface area contributed by atoms with Crippen LogP contribution in [0.1, 0.15) is 18.8 Å². The molecule has 5 heteroatoms. The van der Waals surface area contributed by atoms with E-state index in [2.05, 4.69) is 44.8 Å². The number of aromatic nitrogens is 2. The zero-order valence-corrected chi connectivity index (χ0v) is 11.3. The van der Waals surface area contributed by atoms with Crippen LogP contribution in [0.5, 0.6) is 0 Å². The number of nitrogens with zero attached hydrogens (tertiary/aromatic N) is 4. The molecule has 100 valence electrons. The van der Waals surface area contributed by atoms with Crippen LogP contribution >= 0.6 is 0 Å². The third kappa shape index (κ3) is 1.96. The molecular weight excluding hydrogens is 226 g/mol. The van der Waals surface area contributed by atoms with Gasteiger partial charge in [0.25, 0.3) is 0 Å². The summed E-state index contributed by atoms with van der Waals surface area (Å²) in [7, 11) is 2.05. The molecule has 3 fully saturated rings. The predicted octanol–water partition coefficient (Wildman–Crippen LogP) is 0.163. The highest BCUT2D eigenvalue weighted by Gasteiger charge is 2.38. The number of fused-ring (bicyclic) bond motifs is 3. The summed E-state index contributed by atoms with van der Waals surface area (Å²) in [6.07, 6.45) is 4.00. The van der Waals surface area contributed by atoms with Gasteiger partial charge in [0.15, 0.2) is 0 Å². The first kappa shape index (κ1) is 12.1. The first-order chi connectivity index (χ1) is 8.83. The Labute approximate surface area is 109 Å². The lowest BCUT2D eigenvalue weighted by molar-refractivity contribution is -0.00431. The van der Waals surface area contributed by atoms with Crippen molar-refractivity contribution >= 4 is 0 Å². The monoisotopic (exact) mass is 249 g/mol. The molecule has 2 bridgehead atoms. The molecule has 4 rings (SSSR count). The molecule has 0 amide bonds. The first-order valence-corrected chi connectivity index (χ1v) is 6.98. The highest BCUT2D eigenvalue weighted by molar-refractivity contribution is 5.07. The van der Waals surface area contributed by atoms with Crippen molar-refractivity contribution in [3.05, 3.63) is 18.2 Å². The van der Waals surface area contributed by atoms with Gasteiger partial charge >= 0.3 is 0 Å². The molecular formula is C13H23N5. The second-order valence-corrected chi connectivity index (χ2v) is 5.24. The first-order valence-electron chi connectivity index (χ1n) is 6.98. The van der Waals surface area contributed by atoms with E-state index in [0.29, 0.717) is 12.1 Å². The standard InChI is InChI=1S/C13H23N5/c1-3-17-5-4-15-13(17)12(14-2)11-10-16-6-8-18(11)9-7-16/h4-5,11-12,14H,3,6-10H2,1-2H3. The lowest BCUT2D eigenvalue weighted by Gasteiger charge is -2.49. The van der Waals surface area contributed by atoms with Crippen LogP contribution in [0.15, 0.2) is 12.4 Å². The van der Waals surface area contributed by atoms with Crippen LogP contribution < -0.4 is 5.32 Å². The molecule has 3 saturated heterocycles. The summed E-state index contributed by atoms with van der Waals surface area (Å²) in [5, 5.41) is 3.48. The molecule has 1 N–H and O–H groups in total. The van der Waals surface area contributed by atoms with Crippen molar-refractivity contribution in [2.45, 2.75) is 25.6 Å². The van der Waals surface area contributed by atoms with Crippen LogP contribution in [-0.4, -0.2) is 65.2 Å². The Morgan fingerprint density at radius 1 is 1.39 bits per heavy atom. The lowest BCUT2D eigenvalue weighted by atomic mass is 9.99. The van der Waals surface area contributed by atoms with Gasteiger partial charge in [-0.25, -0.2) is 4.98 Å². The van der Waals surface area contributed by atoms with Crippen LogP contribution in [0.3, 0.4) is 0 Å². The average Bonchev–Trinajstić information content (AvgIpc) is 2.89. The predicted molar refractivity (Wildman–Crippen MR) is 71.5 cm³/mol. The molecule has 0 radical (unpaired) electrons. The van der Waals surface area contributed by atoms with Gasteiger partial charge < -0.3 is 9.88 Å². The van der Waals surface area contributed by atoms with Crippen LogP contribution in [0.4, 0.5) is 0 Å². The maximum absolute atomic E-state index is 4.57. The molecule has 0 spiro atoms. The van der Waals surface area contributed by atoms with Crippen molar-refractivity contribution in [3.63, 3.8) is 0 Å². The maximum Gasteiger partial charge on any atom is 0.127 e. The fraction of sp³-hybridized carbons (Fsp3) is 0.769. The van der Waals surface area contributed by atoms with Crippen molar-refractivity contribution in [3.8, 4) is 0 Å². The minimum absolute atomic E-state index is 0.336. The molecule has 3 aliphatic heterocycles. The minimum atomic E-state index is 0.336. The molecule has 2 atom stereocenters. The zero-order valence-electron chi connectivity index (χ0n) is 11.3. The van der Waals surface area contributed by atoms with E-state index >= 15 is 0 Å². The van der Waals surface area contributed by atoms with Gasteiger partial charge in [0, 0.05) is 57.7 Å². The van der Waals surface area contributed by atoms with E-state index in [9.17, 15) is 0 Å². The van der Waals surface area contributed by atoms with E-state index in [1.165, 1.54) is 38.5 Å². The normalized spacial score (nSPS) is 32.7. The van der Waals surface area contributed by atoms with Crippen LogP contribution in [0, 0.1) is 0 Å². The Hall–Kier alpha value is -0.910. The molecule has 1 aromatic rings. The molecule has 0 aromatic carbocycles. The van der Waals surface area contributed by atoms with Crippen molar-refractivity contribution < 1.29 is 0 Å². The third-order valence-electron chi connectivity index (χ3n) is 4.38. The smallest absolute Gasteiger partial charge is 0.127 e. The second kappa shape index (κ2) is 4.99. The number of hydrogen-bond acceptors (Lipinski definition) is 4. The number of piperazine rings is 3. The van der Waals surface area contributed by atoms with Gasteiger partial charge in [0.1, 0.15) is 5.82 Å². The Kier molecular flexibility index (Phi) is 3.37. The maximum atomic E-state index is 4.57. The number of hydrogen-bond donors (Lipinski definition) is 1. The quantitative estimate of drug-likeness (QED) is 0.825. The third-order valence-corrected chi connectivity index (χ3v) is 4.38. The largest absolute Gasteiger partial charge is 0.334 e. The Morgan fingerprint density at radius 2 is 2.17 bits per heavy atom. The minimum Gasteiger partial charge on any atom is -0.334 e. The van der Waals surface area contributed by atoms with Gasteiger partial charge in [0.05, 0.1) is 6.04 Å². The summed E-state index contributed by atoms with van der Waals surface area (Å²) in [6.45, 7) is 9.20. The second-order valence-electron chi connectivity index (χ2n) is 5.24. The van der Waals surface area contributed by atoms with Gasteiger partial charge in [-0.1, -0.05) is 0 Å². The highest BCUT2D eigenvalue weighted by Crippen LogP contribution is 2.26. The van der Waals surface area contributed by atoms with E-state index < -0.39 is 0 Å². The Bertz CT molecular complexity index is 394. The van der Waals surface area contributed by atoms with Crippen molar-refractivity contribution in [2.24, 2.45) is 0 Å². The molecule has 4 heterocycles. The van der Waals surface area contributed by atoms with Crippen LogP contribution in [0.2, 0.25) is 0 Å². The van der Waals surface area contributed by atoms with Gasteiger partial charge in [0.2, 0.25) is 0 Å². The van der Waals surface area contributed by atoms with Crippen LogP contribution in [-0.2, 0) is 6.54 Å². The number of likely N-dealkylation sites (N-methyl/N-ethyl adjacent to an activating group) is 1. The summed E-state index contributed by atoms with van der Waals surface area (Å²) in [6, 6.07) is 0.897. The van der Waals surface area contributed by atoms with Gasteiger partial charge in [-0.05, 0) is 14.0 Å². The molecule has 2 unspecified atom stereocenters. The van der Waals surface area contributed by atoms with Gasteiger partial charge in [-0.15, -0.1) is 0 Å². The fourth-order valence-corrected chi connectivity index (χ4v) is 3.33. The van der Waals surface area contributed by atoms with Crippen molar-refractivity contribution in [2.75, 3.05) is 39.8 Å². The lowest BCUT2D eigenvalue weighted by Crippen LogP contribution is -2.64. The number of imidazole rings is 1. The molecule has 18 heavy (non-hydrogen) atoms. The van der Waals surface area contributed by atoms with Crippen LogP contribution in [0.25, 0.3) is 0 Å². The number of rotatable bonds is 4. The van der Waals surface area contributed by atoms with E-state index in [0.717, 1.165) is 6.54 Å². The number of nitrogens with one attached hydrogen (secondary N) is 1. The summed E-state index contributed by atoms with van der Waals surface area (Å²) in [5.74, 6) is 1.18. The summed E-state index contributed by atoms with van der Waals surface area (Å²) in [4.78, 5) is 9.77. The summed E-state index contributed by atoms with van der Waals surface area (Å²) in [5.41, 5.74) is 0. The summed E-state index contributed by atoms with van der Waals surface area (Å²) >= 11 is 0. The van der Waals surface area contributed by atoms with Gasteiger partial charge in [-0.3, -0.25) is 9.80 Å². The topological polar surface area (TPSA) is 36.3 Å². The molecule has 5 nitrogen and oxygen atoms in total. The van der Waals surface area contributed by atoms with E-state index in [-0.39, 0.29) is 0 Å². The van der Waals surface area contributed by atoms with E-state index in [1.807, 2.05) is 6.20 Å². The van der Waals surface area contributed by atoms with Crippen molar-refractivity contribution in [1.82, 2.24) is 24.7 Å².